The summed E-state index contributed by atoms with van der Waals surface area (Å²) in [6.45, 7) is 1.36. The fraction of sp³-hybridized carbons (Fsp3) is 0.320. The summed E-state index contributed by atoms with van der Waals surface area (Å²) in [5, 5.41) is 0.580. The second-order valence-corrected chi connectivity index (χ2v) is 10.2. The van der Waals surface area contributed by atoms with Crippen LogP contribution in [0.4, 0.5) is 0 Å². The first-order valence-electron chi connectivity index (χ1n) is 11.1. The van der Waals surface area contributed by atoms with Crippen molar-refractivity contribution in [1.82, 2.24) is 4.31 Å². The summed E-state index contributed by atoms with van der Waals surface area (Å²) in [6, 6.07) is 10.8. The van der Waals surface area contributed by atoms with Crippen molar-refractivity contribution >= 4 is 32.7 Å². The van der Waals surface area contributed by atoms with Gasteiger partial charge in [-0.25, -0.2) is 13.2 Å². The lowest BCUT2D eigenvalue weighted by Gasteiger charge is -2.33. The third-order valence-corrected chi connectivity index (χ3v) is 7.92. The molecule has 4 rings (SSSR count). The molecule has 0 unspecified atom stereocenters. The maximum absolute atomic E-state index is 13.3. The lowest BCUT2D eigenvalue weighted by atomic mass is 10.1. The summed E-state index contributed by atoms with van der Waals surface area (Å²) in [7, 11) is -2.50. The van der Waals surface area contributed by atoms with Gasteiger partial charge >= 0.3 is 11.6 Å². The zero-order valence-electron chi connectivity index (χ0n) is 19.4. The Balaban J connectivity index is 1.55. The minimum Gasteiger partial charge on any atom is -0.497 e. The summed E-state index contributed by atoms with van der Waals surface area (Å²) in [4.78, 5) is 36.6. The number of hydrogen-bond acceptors (Lipinski definition) is 8. The van der Waals surface area contributed by atoms with Gasteiger partial charge in [0, 0.05) is 35.2 Å². The molecule has 1 aliphatic rings. The molecule has 0 radical (unpaired) electrons. The maximum Gasteiger partial charge on any atom is 0.336 e. The fourth-order valence-corrected chi connectivity index (χ4v) is 5.77. The molecule has 3 aromatic rings. The number of rotatable bonds is 7. The van der Waals surface area contributed by atoms with Crippen LogP contribution in [0.25, 0.3) is 11.0 Å². The number of carbonyl (C=O) groups is 2. The highest BCUT2D eigenvalue weighted by Crippen LogP contribution is 2.28. The van der Waals surface area contributed by atoms with E-state index in [4.69, 9.17) is 13.9 Å². The van der Waals surface area contributed by atoms with Gasteiger partial charge in [0.2, 0.25) is 10.0 Å². The van der Waals surface area contributed by atoms with E-state index in [-0.39, 0.29) is 23.8 Å². The van der Waals surface area contributed by atoms with Gasteiger partial charge < -0.3 is 13.9 Å². The van der Waals surface area contributed by atoms with Crippen LogP contribution in [0.5, 0.6) is 5.75 Å². The summed E-state index contributed by atoms with van der Waals surface area (Å²) in [6.07, 6.45) is 1.60. The highest BCUT2D eigenvalue weighted by molar-refractivity contribution is 7.89. The number of fused-ring (bicyclic) bond motifs is 1. The molecule has 0 amide bonds. The zero-order chi connectivity index (χ0) is 25.2. The Morgan fingerprint density at radius 2 is 1.83 bits per heavy atom. The highest BCUT2D eigenvalue weighted by Gasteiger charge is 2.38. The van der Waals surface area contributed by atoms with E-state index in [2.05, 4.69) is 0 Å². The molecule has 10 heteroatoms. The standard InChI is InChI=1S/C25H25NO8S/c1-16(27)17-6-9-20(10-7-17)35(30,31)26-12-4-3-5-22(26)25(29)33-15-18-13-24(28)34-23-14-19(32-2)8-11-21(18)23/h6-11,13-14,22H,3-5,12,15H2,1-2H3/t22-/m1/s1. The van der Waals surface area contributed by atoms with Crippen LogP contribution in [0.1, 0.15) is 42.1 Å². The van der Waals surface area contributed by atoms with E-state index in [0.29, 0.717) is 47.1 Å². The van der Waals surface area contributed by atoms with Crippen LogP contribution in [0.15, 0.2) is 62.6 Å². The van der Waals surface area contributed by atoms with Crippen molar-refractivity contribution in [3.05, 3.63) is 70.1 Å². The molecule has 0 saturated carbocycles. The molecule has 1 aliphatic heterocycles. The van der Waals surface area contributed by atoms with Crippen molar-refractivity contribution in [2.45, 2.75) is 43.7 Å². The van der Waals surface area contributed by atoms with Crippen LogP contribution in [0.3, 0.4) is 0 Å². The van der Waals surface area contributed by atoms with E-state index < -0.39 is 27.7 Å². The predicted octanol–water partition coefficient (Wildman–Crippen LogP) is 3.29. The normalized spacial score (nSPS) is 16.7. The largest absolute Gasteiger partial charge is 0.497 e. The molecule has 2 aromatic carbocycles. The maximum atomic E-state index is 13.3. The van der Waals surface area contributed by atoms with E-state index in [9.17, 15) is 22.8 Å². The molecule has 0 spiro atoms. The van der Waals surface area contributed by atoms with Crippen molar-refractivity contribution in [2.75, 3.05) is 13.7 Å². The van der Waals surface area contributed by atoms with E-state index >= 15 is 0 Å². The minimum absolute atomic E-state index is 0.00260. The lowest BCUT2D eigenvalue weighted by molar-refractivity contribution is -0.150. The Labute approximate surface area is 202 Å². The zero-order valence-corrected chi connectivity index (χ0v) is 20.2. The number of piperidine rings is 1. The minimum atomic E-state index is -3.99. The smallest absolute Gasteiger partial charge is 0.336 e. The monoisotopic (exact) mass is 499 g/mol. The van der Waals surface area contributed by atoms with Crippen LogP contribution in [-0.2, 0) is 26.2 Å². The lowest BCUT2D eigenvalue weighted by Crippen LogP contribution is -2.48. The molecule has 1 saturated heterocycles. The predicted molar refractivity (Wildman–Crippen MR) is 127 cm³/mol. The first kappa shape index (κ1) is 24.6. The summed E-state index contributed by atoms with van der Waals surface area (Å²) in [5.41, 5.74) is 0.527. The number of nitrogens with zero attached hydrogens (tertiary/aromatic N) is 1. The van der Waals surface area contributed by atoms with Crippen LogP contribution in [0, 0.1) is 0 Å². The van der Waals surface area contributed by atoms with Crippen molar-refractivity contribution in [3.8, 4) is 5.75 Å². The molecule has 9 nitrogen and oxygen atoms in total. The van der Waals surface area contributed by atoms with E-state index in [1.54, 1.807) is 18.2 Å². The molecule has 1 aromatic heterocycles. The molecular formula is C25H25NO8S. The first-order chi connectivity index (χ1) is 16.7. The Bertz CT molecular complexity index is 1430. The molecule has 0 N–H and O–H groups in total. The van der Waals surface area contributed by atoms with Crippen LogP contribution < -0.4 is 10.4 Å². The van der Waals surface area contributed by atoms with Crippen molar-refractivity contribution in [3.63, 3.8) is 0 Å². The number of hydrogen-bond donors (Lipinski definition) is 0. The Morgan fingerprint density at radius 3 is 2.51 bits per heavy atom. The van der Waals surface area contributed by atoms with Crippen LogP contribution in [-0.4, -0.2) is 44.2 Å². The molecule has 1 atom stereocenters. The van der Waals surface area contributed by atoms with Gasteiger partial charge in [0.15, 0.2) is 5.78 Å². The second-order valence-electron chi connectivity index (χ2n) is 8.27. The summed E-state index contributed by atoms with van der Waals surface area (Å²) < 4.78 is 43.6. The van der Waals surface area contributed by atoms with E-state index in [1.807, 2.05) is 0 Å². The number of ketones is 1. The van der Waals surface area contributed by atoms with Gasteiger partial charge in [-0.15, -0.1) is 0 Å². The van der Waals surface area contributed by atoms with Crippen LogP contribution in [0.2, 0.25) is 0 Å². The van der Waals surface area contributed by atoms with Gasteiger partial charge in [0.25, 0.3) is 0 Å². The molecule has 2 heterocycles. The Hall–Kier alpha value is -3.50. The fourth-order valence-electron chi connectivity index (χ4n) is 4.13. The van der Waals surface area contributed by atoms with Gasteiger partial charge in [-0.1, -0.05) is 12.1 Å². The molecule has 184 valence electrons. The number of esters is 1. The van der Waals surface area contributed by atoms with E-state index in [1.165, 1.54) is 44.4 Å². The van der Waals surface area contributed by atoms with E-state index in [0.717, 1.165) is 4.31 Å². The first-order valence-corrected chi connectivity index (χ1v) is 12.5. The number of carbonyl (C=O) groups excluding carboxylic acids is 2. The summed E-state index contributed by atoms with van der Waals surface area (Å²) >= 11 is 0. The number of ether oxygens (including phenoxy) is 2. The van der Waals surface area contributed by atoms with Crippen molar-refractivity contribution < 1.29 is 31.9 Å². The molecule has 1 fully saturated rings. The van der Waals surface area contributed by atoms with Gasteiger partial charge in [0.1, 0.15) is 24.0 Å². The van der Waals surface area contributed by atoms with Gasteiger partial charge in [-0.2, -0.15) is 4.31 Å². The third kappa shape index (κ3) is 5.13. The number of benzene rings is 2. The van der Waals surface area contributed by atoms with Gasteiger partial charge in [-0.3, -0.25) is 9.59 Å². The SMILES string of the molecule is COc1ccc2c(COC(=O)[C@H]3CCCCN3S(=O)(=O)c3ccc(C(C)=O)cc3)cc(=O)oc2c1. The average molecular weight is 500 g/mol. The highest BCUT2D eigenvalue weighted by atomic mass is 32.2. The average Bonchev–Trinajstić information content (AvgIpc) is 2.86. The topological polar surface area (TPSA) is 120 Å². The van der Waals surface area contributed by atoms with Crippen molar-refractivity contribution in [1.29, 1.82) is 0 Å². The summed E-state index contributed by atoms with van der Waals surface area (Å²) in [5.74, 6) is -0.355. The molecule has 35 heavy (non-hydrogen) atoms. The Kier molecular flexibility index (Phi) is 7.04. The van der Waals surface area contributed by atoms with Gasteiger partial charge in [-0.05, 0) is 50.5 Å². The van der Waals surface area contributed by atoms with Crippen LogP contribution >= 0.6 is 0 Å². The number of sulfonamides is 1. The quantitative estimate of drug-likeness (QED) is 0.276. The third-order valence-electron chi connectivity index (χ3n) is 6.00. The number of methoxy groups -OCH3 is 1. The van der Waals surface area contributed by atoms with Crippen molar-refractivity contribution in [2.24, 2.45) is 0 Å². The molecular weight excluding hydrogens is 474 g/mol. The Morgan fingerprint density at radius 1 is 1.09 bits per heavy atom. The second kappa shape index (κ2) is 10.0. The molecule has 0 bridgehead atoms. The molecule has 0 aliphatic carbocycles. The van der Waals surface area contributed by atoms with Gasteiger partial charge in [0.05, 0.1) is 12.0 Å². The number of Topliss-reactive ketones (excluding diaryl/α,β-unsaturated/α-hetero) is 1.